The number of para-hydroxylation sites is 2. The lowest BCUT2D eigenvalue weighted by atomic mass is 10.0. The highest BCUT2D eigenvalue weighted by Gasteiger charge is 2.32. The Bertz CT molecular complexity index is 912. The molecule has 0 unspecified atom stereocenters. The van der Waals surface area contributed by atoms with E-state index in [4.69, 9.17) is 9.47 Å². The van der Waals surface area contributed by atoms with Crippen LogP contribution in [0.5, 0.6) is 17.2 Å². The van der Waals surface area contributed by atoms with Gasteiger partial charge >= 0.3 is 0 Å². The second-order valence-corrected chi connectivity index (χ2v) is 6.36. The fourth-order valence-corrected chi connectivity index (χ4v) is 3.31. The minimum absolute atomic E-state index is 0.0510. The molecule has 2 atom stereocenters. The van der Waals surface area contributed by atoms with E-state index in [0.29, 0.717) is 34.8 Å². The average molecular weight is 356 g/mol. The predicted octanol–water partition coefficient (Wildman–Crippen LogP) is 2.70. The van der Waals surface area contributed by atoms with Gasteiger partial charge in [-0.05, 0) is 36.6 Å². The fraction of sp³-hybridized carbons (Fsp3) is 0.263. The van der Waals surface area contributed by atoms with Crippen LogP contribution in [0.3, 0.4) is 0 Å². The number of ether oxygens (including phenoxy) is 2. The molecule has 1 aliphatic carbocycles. The van der Waals surface area contributed by atoms with Gasteiger partial charge in [0, 0.05) is 11.1 Å². The predicted molar refractivity (Wildman–Crippen MR) is 92.1 cm³/mol. The third-order valence-corrected chi connectivity index (χ3v) is 4.55. The molecule has 134 valence electrons. The Balaban J connectivity index is 1.52. The summed E-state index contributed by atoms with van der Waals surface area (Å²) in [5.74, 6) is 0.0400. The highest BCUT2D eigenvalue weighted by molar-refractivity contribution is 6.07. The van der Waals surface area contributed by atoms with Gasteiger partial charge in [-0.15, -0.1) is 0 Å². The van der Waals surface area contributed by atoms with Gasteiger partial charge in [-0.25, -0.2) is 9.82 Å². The van der Waals surface area contributed by atoms with E-state index in [-0.39, 0.29) is 24.1 Å². The van der Waals surface area contributed by atoms with E-state index in [2.05, 4.69) is 10.5 Å². The summed E-state index contributed by atoms with van der Waals surface area (Å²) in [7, 11) is 0. The Labute approximate surface area is 149 Å². The summed E-state index contributed by atoms with van der Waals surface area (Å²) in [4.78, 5) is 12.4. The number of hydrazone groups is 1. The molecular weight excluding hydrogens is 339 g/mol. The standard InChI is InChI=1S/C19H17FN2O4/c1-10-8-12(18-13(23)7-6-11(20)17(10)18)21-22-19(24)16-9-25-14-4-2-3-5-15(14)26-16/h2-7,10,16,23H,8-9H2,1H3,(H,22,24)/b21-12+/t10-,16-/m1/s1. The van der Waals surface area contributed by atoms with E-state index in [1.807, 2.05) is 13.0 Å². The van der Waals surface area contributed by atoms with E-state index < -0.39 is 12.0 Å². The first-order valence-electron chi connectivity index (χ1n) is 8.31. The average Bonchev–Trinajstić information content (AvgIpc) is 3.00. The molecular formula is C19H17FN2O4. The number of nitrogens with one attached hydrogen (secondary N) is 1. The van der Waals surface area contributed by atoms with Crippen molar-refractivity contribution in [2.24, 2.45) is 5.10 Å². The molecule has 0 saturated heterocycles. The molecule has 2 aromatic rings. The summed E-state index contributed by atoms with van der Waals surface area (Å²) in [5, 5.41) is 14.2. The number of hydrogen-bond donors (Lipinski definition) is 2. The molecule has 0 bridgehead atoms. The number of hydrogen-bond acceptors (Lipinski definition) is 5. The molecule has 0 radical (unpaired) electrons. The van der Waals surface area contributed by atoms with E-state index in [9.17, 15) is 14.3 Å². The lowest BCUT2D eigenvalue weighted by Crippen LogP contribution is -2.42. The first-order chi connectivity index (χ1) is 12.5. The number of carbonyl (C=O) groups is 1. The first-order valence-corrected chi connectivity index (χ1v) is 8.31. The van der Waals surface area contributed by atoms with Crippen molar-refractivity contribution in [1.82, 2.24) is 5.43 Å². The number of phenols is 1. The minimum atomic E-state index is -0.839. The van der Waals surface area contributed by atoms with Gasteiger partial charge in [0.25, 0.3) is 5.91 Å². The van der Waals surface area contributed by atoms with Gasteiger partial charge < -0.3 is 14.6 Å². The van der Waals surface area contributed by atoms with Gasteiger partial charge in [0.2, 0.25) is 6.10 Å². The Kier molecular flexibility index (Phi) is 3.99. The summed E-state index contributed by atoms with van der Waals surface area (Å²) >= 11 is 0. The lowest BCUT2D eigenvalue weighted by Gasteiger charge is -2.24. The third kappa shape index (κ3) is 2.75. The van der Waals surface area contributed by atoms with Crippen molar-refractivity contribution in [1.29, 1.82) is 0 Å². The number of aromatic hydroxyl groups is 1. The summed E-state index contributed by atoms with van der Waals surface area (Å²) < 4.78 is 25.2. The Morgan fingerprint density at radius 2 is 2.04 bits per heavy atom. The summed E-state index contributed by atoms with van der Waals surface area (Å²) in [6.07, 6.45) is -0.414. The zero-order valence-electron chi connectivity index (χ0n) is 14.0. The van der Waals surface area contributed by atoms with Crippen LogP contribution in [0.2, 0.25) is 0 Å². The van der Waals surface area contributed by atoms with Crippen molar-refractivity contribution >= 4 is 11.6 Å². The summed E-state index contributed by atoms with van der Waals surface area (Å²) in [5.41, 5.74) is 3.65. The van der Waals surface area contributed by atoms with Gasteiger partial charge in [0.05, 0.1) is 5.71 Å². The molecule has 0 saturated carbocycles. The largest absolute Gasteiger partial charge is 0.507 e. The molecule has 2 aliphatic rings. The number of rotatable bonds is 2. The highest BCUT2D eigenvalue weighted by Crippen LogP contribution is 2.39. The van der Waals surface area contributed by atoms with Crippen LogP contribution in [0, 0.1) is 5.82 Å². The number of amides is 1. The summed E-state index contributed by atoms with van der Waals surface area (Å²) in [6, 6.07) is 9.61. The van der Waals surface area contributed by atoms with Crippen LogP contribution in [-0.4, -0.2) is 29.4 Å². The highest BCUT2D eigenvalue weighted by atomic mass is 19.1. The van der Waals surface area contributed by atoms with Crippen molar-refractivity contribution in [3.8, 4) is 17.2 Å². The molecule has 6 nitrogen and oxygen atoms in total. The van der Waals surface area contributed by atoms with Gasteiger partial charge in [0.15, 0.2) is 11.5 Å². The molecule has 7 heteroatoms. The van der Waals surface area contributed by atoms with Gasteiger partial charge in [-0.1, -0.05) is 19.1 Å². The molecule has 4 rings (SSSR count). The molecule has 1 aliphatic heterocycles. The molecule has 1 amide bonds. The second kappa shape index (κ2) is 6.33. The van der Waals surface area contributed by atoms with Crippen molar-refractivity contribution in [2.75, 3.05) is 6.61 Å². The van der Waals surface area contributed by atoms with E-state index >= 15 is 0 Å². The molecule has 0 fully saturated rings. The Hall–Kier alpha value is -3.09. The number of phenolic OH excluding ortho intramolecular Hbond substituents is 1. The van der Waals surface area contributed by atoms with E-state index in [0.717, 1.165) is 0 Å². The van der Waals surface area contributed by atoms with Crippen LogP contribution < -0.4 is 14.9 Å². The summed E-state index contributed by atoms with van der Waals surface area (Å²) in [6.45, 7) is 1.92. The number of fused-ring (bicyclic) bond motifs is 2. The SMILES string of the molecule is C[C@@H]1C/C(=N\NC(=O)[C@H]2COc3ccccc3O2)c2c(O)ccc(F)c21. The number of halogens is 1. The number of benzene rings is 2. The molecule has 1 heterocycles. The van der Waals surface area contributed by atoms with Crippen LogP contribution in [0.15, 0.2) is 41.5 Å². The quantitative estimate of drug-likeness (QED) is 0.811. The molecule has 2 N–H and O–H groups in total. The molecule has 0 spiro atoms. The second-order valence-electron chi connectivity index (χ2n) is 6.36. The van der Waals surface area contributed by atoms with Crippen molar-refractivity contribution < 1.29 is 23.8 Å². The first kappa shape index (κ1) is 16.4. The molecule has 26 heavy (non-hydrogen) atoms. The fourth-order valence-electron chi connectivity index (χ4n) is 3.31. The van der Waals surface area contributed by atoms with Crippen LogP contribution >= 0.6 is 0 Å². The maximum atomic E-state index is 14.0. The third-order valence-electron chi connectivity index (χ3n) is 4.55. The molecule has 0 aromatic heterocycles. The van der Waals surface area contributed by atoms with Crippen LogP contribution in [0.1, 0.15) is 30.4 Å². The normalized spacial score (nSPS) is 22.2. The lowest BCUT2D eigenvalue weighted by molar-refractivity contribution is -0.130. The smallest absolute Gasteiger partial charge is 0.284 e. The van der Waals surface area contributed by atoms with Crippen LogP contribution in [0.25, 0.3) is 0 Å². The van der Waals surface area contributed by atoms with Crippen molar-refractivity contribution in [3.05, 3.63) is 53.3 Å². The molecule has 2 aromatic carbocycles. The minimum Gasteiger partial charge on any atom is -0.507 e. The zero-order valence-corrected chi connectivity index (χ0v) is 14.0. The maximum absolute atomic E-state index is 14.0. The van der Waals surface area contributed by atoms with Crippen LogP contribution in [0.4, 0.5) is 4.39 Å². The van der Waals surface area contributed by atoms with Crippen molar-refractivity contribution in [2.45, 2.75) is 25.4 Å². The van der Waals surface area contributed by atoms with Crippen LogP contribution in [-0.2, 0) is 4.79 Å². The van der Waals surface area contributed by atoms with E-state index in [1.54, 1.807) is 18.2 Å². The topological polar surface area (TPSA) is 80.2 Å². The number of nitrogens with zero attached hydrogens (tertiary/aromatic N) is 1. The monoisotopic (exact) mass is 356 g/mol. The van der Waals surface area contributed by atoms with Gasteiger partial charge in [-0.2, -0.15) is 5.10 Å². The van der Waals surface area contributed by atoms with E-state index in [1.165, 1.54) is 12.1 Å². The Morgan fingerprint density at radius 3 is 2.85 bits per heavy atom. The Morgan fingerprint density at radius 1 is 1.27 bits per heavy atom. The van der Waals surface area contributed by atoms with Gasteiger partial charge in [-0.3, -0.25) is 4.79 Å². The number of carbonyl (C=O) groups excluding carboxylic acids is 1. The van der Waals surface area contributed by atoms with Crippen molar-refractivity contribution in [3.63, 3.8) is 0 Å². The van der Waals surface area contributed by atoms with Gasteiger partial charge in [0.1, 0.15) is 18.2 Å². The maximum Gasteiger partial charge on any atom is 0.284 e. The zero-order chi connectivity index (χ0) is 18.3.